The largest absolute Gasteiger partial charge is 0.481 e. The van der Waals surface area contributed by atoms with Crippen LogP contribution < -0.4 is 5.32 Å². The van der Waals surface area contributed by atoms with Gasteiger partial charge >= 0.3 is 5.97 Å². The van der Waals surface area contributed by atoms with E-state index >= 15 is 0 Å². The number of aryl methyl sites for hydroxylation is 1. The standard InChI is InChI=1S/C16H16ClNO4/c17-13-4-2-12(3-5-13)14(9-16(20)21)18-15(19)6-1-11-7-8-22-10-11/h2-5,7-8,10,14H,1,6,9H2,(H,18,19)(H,20,21)/t14-/m0/s1. The monoisotopic (exact) mass is 321 g/mol. The lowest BCUT2D eigenvalue weighted by Gasteiger charge is -2.17. The molecular weight excluding hydrogens is 306 g/mol. The van der Waals surface area contributed by atoms with Crippen molar-refractivity contribution < 1.29 is 19.1 Å². The molecule has 0 bridgehead atoms. The van der Waals surface area contributed by atoms with Gasteiger partial charge in [-0.05, 0) is 35.7 Å². The molecule has 2 aromatic rings. The quantitative estimate of drug-likeness (QED) is 0.820. The first-order chi connectivity index (χ1) is 10.5. The Hall–Kier alpha value is -2.27. The number of hydrogen-bond donors (Lipinski definition) is 2. The first kappa shape index (κ1) is 16.1. The lowest BCUT2D eigenvalue weighted by atomic mass is 10.0. The number of amides is 1. The molecule has 1 aromatic heterocycles. The minimum Gasteiger partial charge on any atom is -0.481 e. The number of halogens is 1. The van der Waals surface area contributed by atoms with E-state index in [9.17, 15) is 9.59 Å². The average molecular weight is 322 g/mol. The van der Waals surface area contributed by atoms with E-state index in [1.54, 1.807) is 42.9 Å². The Kier molecular flexibility index (Phi) is 5.61. The predicted octanol–water partition coefficient (Wildman–Crippen LogP) is 3.20. The predicted molar refractivity (Wildman–Crippen MR) is 81.6 cm³/mol. The Morgan fingerprint density at radius 2 is 1.95 bits per heavy atom. The Bertz CT molecular complexity index is 622. The van der Waals surface area contributed by atoms with Crippen LogP contribution in [-0.2, 0) is 16.0 Å². The van der Waals surface area contributed by atoms with Gasteiger partial charge in [-0.3, -0.25) is 9.59 Å². The van der Waals surface area contributed by atoms with E-state index < -0.39 is 12.0 Å². The highest BCUT2D eigenvalue weighted by Gasteiger charge is 2.18. The van der Waals surface area contributed by atoms with Gasteiger partial charge in [0, 0.05) is 11.4 Å². The minimum absolute atomic E-state index is 0.181. The molecule has 0 aliphatic rings. The maximum absolute atomic E-state index is 12.0. The number of aliphatic carboxylic acids is 1. The molecule has 0 saturated carbocycles. The molecule has 1 heterocycles. The summed E-state index contributed by atoms with van der Waals surface area (Å²) in [5, 5.41) is 12.3. The first-order valence-corrected chi connectivity index (χ1v) is 7.20. The van der Waals surface area contributed by atoms with Crippen LogP contribution in [-0.4, -0.2) is 17.0 Å². The number of carboxylic acids is 1. The fourth-order valence-electron chi connectivity index (χ4n) is 2.08. The van der Waals surface area contributed by atoms with Gasteiger partial charge in [0.05, 0.1) is 25.0 Å². The van der Waals surface area contributed by atoms with Gasteiger partial charge in [0.1, 0.15) is 0 Å². The summed E-state index contributed by atoms with van der Waals surface area (Å²) in [5.41, 5.74) is 1.64. The van der Waals surface area contributed by atoms with Gasteiger partial charge < -0.3 is 14.8 Å². The normalized spacial score (nSPS) is 11.9. The van der Waals surface area contributed by atoms with E-state index in [0.717, 1.165) is 5.56 Å². The highest BCUT2D eigenvalue weighted by molar-refractivity contribution is 6.30. The molecule has 0 saturated heterocycles. The van der Waals surface area contributed by atoms with Crippen molar-refractivity contribution in [2.75, 3.05) is 0 Å². The average Bonchev–Trinajstić information content (AvgIpc) is 2.98. The van der Waals surface area contributed by atoms with Crippen LogP contribution in [0.2, 0.25) is 5.02 Å². The van der Waals surface area contributed by atoms with Gasteiger partial charge in [-0.1, -0.05) is 23.7 Å². The number of carboxylic acid groups (broad SMARTS) is 1. The topological polar surface area (TPSA) is 79.5 Å². The summed E-state index contributed by atoms with van der Waals surface area (Å²) in [5.74, 6) is -1.18. The lowest BCUT2D eigenvalue weighted by molar-refractivity contribution is -0.137. The van der Waals surface area contributed by atoms with Crippen LogP contribution in [0.25, 0.3) is 0 Å². The zero-order valence-electron chi connectivity index (χ0n) is 11.8. The molecule has 1 amide bonds. The maximum atomic E-state index is 12.0. The Labute approximate surface area is 132 Å². The fraction of sp³-hybridized carbons (Fsp3) is 0.250. The SMILES string of the molecule is O=C(O)C[C@H](NC(=O)CCc1ccoc1)c1ccc(Cl)cc1. The third-order valence-electron chi connectivity index (χ3n) is 3.21. The molecule has 2 rings (SSSR count). The van der Waals surface area contributed by atoms with Crippen molar-refractivity contribution in [3.63, 3.8) is 0 Å². The van der Waals surface area contributed by atoms with Crippen LogP contribution in [0, 0.1) is 0 Å². The summed E-state index contributed by atoms with van der Waals surface area (Å²) >= 11 is 5.82. The summed E-state index contributed by atoms with van der Waals surface area (Å²) < 4.78 is 4.94. The molecule has 0 fully saturated rings. The summed E-state index contributed by atoms with van der Waals surface area (Å²) in [4.78, 5) is 23.0. The number of carbonyl (C=O) groups is 2. The molecule has 2 N–H and O–H groups in total. The van der Waals surface area contributed by atoms with Crippen molar-refractivity contribution in [2.24, 2.45) is 0 Å². The molecule has 6 heteroatoms. The Balaban J connectivity index is 1.98. The highest BCUT2D eigenvalue weighted by atomic mass is 35.5. The van der Waals surface area contributed by atoms with Crippen LogP contribution in [0.5, 0.6) is 0 Å². The molecule has 0 aliphatic heterocycles. The van der Waals surface area contributed by atoms with Crippen molar-refractivity contribution in [3.8, 4) is 0 Å². The van der Waals surface area contributed by atoms with Crippen LogP contribution in [0.15, 0.2) is 47.3 Å². The number of carbonyl (C=O) groups excluding carboxylic acids is 1. The molecular formula is C16H16ClNO4. The molecule has 5 nitrogen and oxygen atoms in total. The van der Waals surface area contributed by atoms with E-state index in [1.165, 1.54) is 0 Å². The molecule has 22 heavy (non-hydrogen) atoms. The van der Waals surface area contributed by atoms with Crippen LogP contribution in [0.4, 0.5) is 0 Å². The number of hydrogen-bond acceptors (Lipinski definition) is 3. The van der Waals surface area contributed by atoms with Crippen molar-refractivity contribution in [1.29, 1.82) is 0 Å². The Morgan fingerprint density at radius 3 is 2.55 bits per heavy atom. The molecule has 116 valence electrons. The molecule has 0 unspecified atom stereocenters. The van der Waals surface area contributed by atoms with E-state index in [1.807, 2.05) is 0 Å². The number of benzene rings is 1. The maximum Gasteiger partial charge on any atom is 0.305 e. The lowest BCUT2D eigenvalue weighted by Crippen LogP contribution is -2.30. The smallest absolute Gasteiger partial charge is 0.305 e. The van der Waals surface area contributed by atoms with Crippen LogP contribution >= 0.6 is 11.6 Å². The fourth-order valence-corrected chi connectivity index (χ4v) is 2.21. The second-order valence-electron chi connectivity index (χ2n) is 4.90. The van der Waals surface area contributed by atoms with Gasteiger partial charge in [0.25, 0.3) is 0 Å². The van der Waals surface area contributed by atoms with Gasteiger partial charge in [-0.25, -0.2) is 0 Å². The zero-order valence-corrected chi connectivity index (χ0v) is 12.5. The summed E-state index contributed by atoms with van der Waals surface area (Å²) in [7, 11) is 0. The van der Waals surface area contributed by atoms with Gasteiger partial charge in [-0.15, -0.1) is 0 Å². The van der Waals surface area contributed by atoms with Gasteiger partial charge in [-0.2, -0.15) is 0 Å². The number of rotatable bonds is 7. The highest BCUT2D eigenvalue weighted by Crippen LogP contribution is 2.20. The van der Waals surface area contributed by atoms with Gasteiger partial charge in [0.15, 0.2) is 0 Å². The summed E-state index contributed by atoms with van der Waals surface area (Å²) in [6, 6.07) is 7.98. The zero-order chi connectivity index (χ0) is 15.9. The second kappa shape index (κ2) is 7.66. The Morgan fingerprint density at radius 1 is 1.23 bits per heavy atom. The third-order valence-corrected chi connectivity index (χ3v) is 3.46. The molecule has 0 radical (unpaired) electrons. The van der Waals surface area contributed by atoms with Crippen molar-refractivity contribution in [2.45, 2.75) is 25.3 Å². The minimum atomic E-state index is -0.977. The molecule has 1 aromatic carbocycles. The molecule has 0 spiro atoms. The number of nitrogens with one attached hydrogen (secondary N) is 1. The molecule has 0 aliphatic carbocycles. The van der Waals surface area contributed by atoms with Crippen LogP contribution in [0.1, 0.15) is 30.0 Å². The van der Waals surface area contributed by atoms with E-state index in [4.69, 9.17) is 21.1 Å². The van der Waals surface area contributed by atoms with E-state index in [-0.39, 0.29) is 18.7 Å². The van der Waals surface area contributed by atoms with Crippen molar-refractivity contribution in [3.05, 3.63) is 59.0 Å². The van der Waals surface area contributed by atoms with E-state index in [0.29, 0.717) is 17.0 Å². The summed E-state index contributed by atoms with van der Waals surface area (Å²) in [6.45, 7) is 0. The third kappa shape index (κ3) is 4.93. The van der Waals surface area contributed by atoms with E-state index in [2.05, 4.69) is 5.32 Å². The first-order valence-electron chi connectivity index (χ1n) is 6.82. The van der Waals surface area contributed by atoms with Gasteiger partial charge in [0.2, 0.25) is 5.91 Å². The van der Waals surface area contributed by atoms with Crippen molar-refractivity contribution >= 4 is 23.5 Å². The van der Waals surface area contributed by atoms with Crippen LogP contribution in [0.3, 0.4) is 0 Å². The van der Waals surface area contributed by atoms with Crippen molar-refractivity contribution in [1.82, 2.24) is 5.32 Å². The number of furan rings is 1. The second-order valence-corrected chi connectivity index (χ2v) is 5.34. The molecule has 1 atom stereocenters. The summed E-state index contributed by atoms with van der Waals surface area (Å²) in [6.07, 6.45) is 3.76.